The Hall–Kier alpha value is -0.590. The van der Waals surface area contributed by atoms with Crippen LogP contribution in [-0.4, -0.2) is 36.1 Å². The molecule has 0 aromatic heterocycles. The number of nitrogens with one attached hydrogen (secondary N) is 1. The summed E-state index contributed by atoms with van der Waals surface area (Å²) in [6.07, 6.45) is 9.43. The summed E-state index contributed by atoms with van der Waals surface area (Å²) in [5.41, 5.74) is 0. The molecule has 19 heavy (non-hydrogen) atoms. The van der Waals surface area contributed by atoms with Gasteiger partial charge in [-0.25, -0.2) is 0 Å². The van der Waals surface area contributed by atoms with Crippen LogP contribution in [0.15, 0.2) is 0 Å². The summed E-state index contributed by atoms with van der Waals surface area (Å²) in [5.74, 6) is 0.945. The number of hydrogen-bond acceptors (Lipinski definition) is 3. The van der Waals surface area contributed by atoms with E-state index in [9.17, 15) is 5.26 Å². The lowest BCUT2D eigenvalue weighted by molar-refractivity contribution is 0.0587. The molecule has 0 amide bonds. The van der Waals surface area contributed by atoms with Gasteiger partial charge in [0.05, 0.1) is 12.1 Å². The zero-order valence-electron chi connectivity index (χ0n) is 12.6. The molecule has 108 valence electrons. The van der Waals surface area contributed by atoms with Gasteiger partial charge in [-0.05, 0) is 58.4 Å². The number of nitriles is 1. The first-order valence-corrected chi connectivity index (χ1v) is 8.10. The topological polar surface area (TPSA) is 39.1 Å². The van der Waals surface area contributed by atoms with Gasteiger partial charge in [-0.15, -0.1) is 0 Å². The number of nitrogens with zero attached hydrogens (tertiary/aromatic N) is 2. The summed E-state index contributed by atoms with van der Waals surface area (Å²) < 4.78 is 0. The first kappa shape index (κ1) is 14.8. The molecule has 3 heteroatoms. The molecule has 0 spiro atoms. The largest absolute Gasteiger partial charge is 0.300 e. The third-order valence-electron chi connectivity index (χ3n) is 4.75. The maximum Gasteiger partial charge on any atom is 0.0967 e. The molecule has 1 N–H and O–H groups in total. The van der Waals surface area contributed by atoms with E-state index in [2.05, 4.69) is 30.1 Å². The molecule has 2 rings (SSSR count). The fourth-order valence-corrected chi connectivity index (χ4v) is 3.89. The van der Waals surface area contributed by atoms with Crippen LogP contribution in [0.2, 0.25) is 0 Å². The molecule has 3 unspecified atom stereocenters. The van der Waals surface area contributed by atoms with Crippen molar-refractivity contribution < 1.29 is 0 Å². The van der Waals surface area contributed by atoms with Crippen LogP contribution < -0.4 is 5.32 Å². The van der Waals surface area contributed by atoms with E-state index >= 15 is 0 Å². The fraction of sp³-hybridized carbons (Fsp3) is 0.938. The molecular formula is C16H29N3. The lowest BCUT2D eigenvalue weighted by atomic mass is 9.78. The standard InChI is InChI=1S/C16H29N3/c1-13(2)18-15(12-17)9-11-19-10-5-7-14-6-3-4-8-16(14)19/h13-16,18H,3-11H2,1-2H3. The molecule has 3 atom stereocenters. The first-order chi connectivity index (χ1) is 9.20. The summed E-state index contributed by atoms with van der Waals surface area (Å²) in [7, 11) is 0. The van der Waals surface area contributed by atoms with Crippen molar-refractivity contribution in [3.63, 3.8) is 0 Å². The summed E-state index contributed by atoms with van der Waals surface area (Å²) in [5, 5.41) is 12.6. The molecule has 2 aliphatic rings. The normalized spacial score (nSPS) is 29.8. The second-order valence-corrected chi connectivity index (χ2v) is 6.58. The Morgan fingerprint density at radius 2 is 1.95 bits per heavy atom. The highest BCUT2D eigenvalue weighted by Crippen LogP contribution is 2.35. The second-order valence-electron chi connectivity index (χ2n) is 6.58. The van der Waals surface area contributed by atoms with Crippen molar-refractivity contribution in [3.05, 3.63) is 0 Å². The summed E-state index contributed by atoms with van der Waals surface area (Å²) in [6, 6.07) is 3.64. The number of piperidine rings is 1. The van der Waals surface area contributed by atoms with Crippen molar-refractivity contribution >= 4 is 0 Å². The Bertz CT molecular complexity index is 306. The lowest BCUT2D eigenvalue weighted by Crippen LogP contribution is -2.48. The van der Waals surface area contributed by atoms with E-state index in [1.54, 1.807) is 0 Å². The van der Waals surface area contributed by atoms with E-state index in [0.29, 0.717) is 6.04 Å². The van der Waals surface area contributed by atoms with Gasteiger partial charge >= 0.3 is 0 Å². The van der Waals surface area contributed by atoms with Gasteiger partial charge < -0.3 is 4.90 Å². The van der Waals surface area contributed by atoms with Crippen LogP contribution in [0.3, 0.4) is 0 Å². The van der Waals surface area contributed by atoms with Gasteiger partial charge in [-0.2, -0.15) is 5.26 Å². The van der Waals surface area contributed by atoms with Gasteiger partial charge in [0, 0.05) is 18.6 Å². The van der Waals surface area contributed by atoms with Crippen molar-refractivity contribution in [2.45, 2.75) is 76.9 Å². The average molecular weight is 263 g/mol. The zero-order chi connectivity index (χ0) is 13.7. The van der Waals surface area contributed by atoms with Crippen molar-refractivity contribution in [2.75, 3.05) is 13.1 Å². The summed E-state index contributed by atoms with van der Waals surface area (Å²) in [6.45, 7) is 6.57. The summed E-state index contributed by atoms with van der Waals surface area (Å²) in [4.78, 5) is 2.68. The highest BCUT2D eigenvalue weighted by Gasteiger charge is 2.32. The SMILES string of the molecule is CC(C)NC(C#N)CCN1CCCC2CCCCC21. The molecule has 0 bridgehead atoms. The Morgan fingerprint density at radius 1 is 1.21 bits per heavy atom. The van der Waals surface area contributed by atoms with Gasteiger partial charge in [0.2, 0.25) is 0 Å². The van der Waals surface area contributed by atoms with E-state index < -0.39 is 0 Å². The van der Waals surface area contributed by atoms with Crippen molar-refractivity contribution in [2.24, 2.45) is 5.92 Å². The molecule has 1 aliphatic carbocycles. The van der Waals surface area contributed by atoms with E-state index in [1.807, 2.05) is 0 Å². The lowest BCUT2D eigenvalue weighted by Gasteiger charge is -2.44. The van der Waals surface area contributed by atoms with Crippen molar-refractivity contribution in [1.29, 1.82) is 5.26 Å². The molecule has 0 aromatic carbocycles. The highest BCUT2D eigenvalue weighted by atomic mass is 15.2. The van der Waals surface area contributed by atoms with E-state index in [-0.39, 0.29) is 6.04 Å². The Kier molecular flexibility index (Phi) is 5.66. The average Bonchev–Trinajstić information content (AvgIpc) is 2.43. The number of fused-ring (bicyclic) bond motifs is 1. The van der Waals surface area contributed by atoms with Crippen LogP contribution in [-0.2, 0) is 0 Å². The third-order valence-corrected chi connectivity index (χ3v) is 4.75. The van der Waals surface area contributed by atoms with E-state index in [4.69, 9.17) is 0 Å². The van der Waals surface area contributed by atoms with Gasteiger partial charge in [-0.1, -0.05) is 12.8 Å². The van der Waals surface area contributed by atoms with Gasteiger partial charge in [0.25, 0.3) is 0 Å². The van der Waals surface area contributed by atoms with Crippen molar-refractivity contribution in [1.82, 2.24) is 10.2 Å². The van der Waals surface area contributed by atoms with Gasteiger partial charge in [-0.3, -0.25) is 5.32 Å². The second kappa shape index (κ2) is 7.26. The molecule has 1 heterocycles. The fourth-order valence-electron chi connectivity index (χ4n) is 3.89. The van der Waals surface area contributed by atoms with Crippen LogP contribution in [0.25, 0.3) is 0 Å². The van der Waals surface area contributed by atoms with Crippen LogP contribution in [0.1, 0.15) is 58.8 Å². The Labute approximate surface area is 118 Å². The molecule has 0 aromatic rings. The summed E-state index contributed by atoms with van der Waals surface area (Å²) >= 11 is 0. The minimum Gasteiger partial charge on any atom is -0.300 e. The molecule has 3 nitrogen and oxygen atoms in total. The quantitative estimate of drug-likeness (QED) is 0.829. The van der Waals surface area contributed by atoms with Crippen LogP contribution in [0.5, 0.6) is 0 Å². The van der Waals surface area contributed by atoms with E-state index in [0.717, 1.165) is 24.9 Å². The Balaban J connectivity index is 1.82. The van der Waals surface area contributed by atoms with E-state index in [1.165, 1.54) is 45.1 Å². The van der Waals surface area contributed by atoms with Crippen LogP contribution in [0, 0.1) is 17.2 Å². The molecular weight excluding hydrogens is 234 g/mol. The molecule has 1 saturated carbocycles. The first-order valence-electron chi connectivity index (χ1n) is 8.10. The molecule has 1 aliphatic heterocycles. The third kappa shape index (κ3) is 4.19. The number of hydrogen-bond donors (Lipinski definition) is 1. The number of likely N-dealkylation sites (tertiary alicyclic amines) is 1. The monoisotopic (exact) mass is 263 g/mol. The minimum absolute atomic E-state index is 0.0176. The highest BCUT2D eigenvalue weighted by molar-refractivity contribution is 4.93. The minimum atomic E-state index is 0.0176. The van der Waals surface area contributed by atoms with Gasteiger partial charge in [0.1, 0.15) is 0 Å². The molecule has 1 saturated heterocycles. The maximum atomic E-state index is 9.21. The van der Waals surface area contributed by atoms with Crippen molar-refractivity contribution in [3.8, 4) is 6.07 Å². The number of rotatable bonds is 5. The van der Waals surface area contributed by atoms with Crippen LogP contribution in [0.4, 0.5) is 0 Å². The smallest absolute Gasteiger partial charge is 0.0967 e. The molecule has 2 fully saturated rings. The van der Waals surface area contributed by atoms with Crippen LogP contribution >= 0.6 is 0 Å². The molecule has 0 radical (unpaired) electrons. The predicted molar refractivity (Wildman–Crippen MR) is 78.8 cm³/mol. The maximum absolute atomic E-state index is 9.21. The zero-order valence-corrected chi connectivity index (χ0v) is 12.6. The predicted octanol–water partition coefficient (Wildman–Crippen LogP) is 2.92. The van der Waals surface area contributed by atoms with Gasteiger partial charge in [0.15, 0.2) is 0 Å². The Morgan fingerprint density at radius 3 is 2.68 bits per heavy atom.